The van der Waals surface area contributed by atoms with E-state index in [0.717, 1.165) is 44.3 Å². The van der Waals surface area contributed by atoms with Crippen molar-refractivity contribution >= 4 is 6.09 Å². The average molecular weight is 268 g/mol. The van der Waals surface area contributed by atoms with E-state index in [-0.39, 0.29) is 6.09 Å². The molecule has 2 atom stereocenters. The predicted molar refractivity (Wildman–Crippen MR) is 76.1 cm³/mol. The normalized spacial score (nSPS) is 28.6. The number of nitrogens with zero attached hydrogens (tertiary/aromatic N) is 1. The van der Waals surface area contributed by atoms with E-state index in [9.17, 15) is 4.79 Å². The first-order chi connectivity index (χ1) is 9.20. The maximum absolute atomic E-state index is 11.6. The van der Waals surface area contributed by atoms with Gasteiger partial charge in [0.2, 0.25) is 0 Å². The second kappa shape index (κ2) is 7.13. The standard InChI is InChI=1S/C15H28N2O2/c1-3-19-15(18)17-9-7-14(8-10-17)16-11-13-6-4-5-12(13)2/h12-14,16H,3-11H2,1-2H3. The predicted octanol–water partition coefficient (Wildman–Crippen LogP) is 2.63. The molecule has 1 saturated carbocycles. The van der Waals surface area contributed by atoms with Crippen LogP contribution >= 0.6 is 0 Å². The first kappa shape index (κ1) is 14.6. The van der Waals surface area contributed by atoms with Crippen LogP contribution in [-0.2, 0) is 4.74 Å². The summed E-state index contributed by atoms with van der Waals surface area (Å²) in [4.78, 5) is 13.4. The molecule has 110 valence electrons. The van der Waals surface area contributed by atoms with Crippen LogP contribution in [0.3, 0.4) is 0 Å². The maximum Gasteiger partial charge on any atom is 0.409 e. The molecule has 1 aliphatic carbocycles. The maximum atomic E-state index is 11.6. The highest BCUT2D eigenvalue weighted by molar-refractivity contribution is 5.67. The Morgan fingerprint density at radius 1 is 1.26 bits per heavy atom. The zero-order valence-electron chi connectivity index (χ0n) is 12.4. The lowest BCUT2D eigenvalue weighted by Gasteiger charge is -2.32. The van der Waals surface area contributed by atoms with E-state index >= 15 is 0 Å². The highest BCUT2D eigenvalue weighted by Gasteiger charge is 2.26. The Kier molecular flexibility index (Phi) is 5.49. The molecule has 0 aromatic heterocycles. The van der Waals surface area contributed by atoms with Gasteiger partial charge in [0, 0.05) is 19.1 Å². The Bertz CT molecular complexity index is 288. The van der Waals surface area contributed by atoms with Crippen molar-refractivity contribution in [2.45, 2.75) is 52.0 Å². The number of likely N-dealkylation sites (tertiary alicyclic amines) is 1. The van der Waals surface area contributed by atoms with Crippen LogP contribution in [0.2, 0.25) is 0 Å². The van der Waals surface area contributed by atoms with Gasteiger partial charge in [-0.2, -0.15) is 0 Å². The lowest BCUT2D eigenvalue weighted by molar-refractivity contribution is 0.0946. The van der Waals surface area contributed by atoms with Crippen LogP contribution in [0.4, 0.5) is 4.79 Å². The molecule has 0 radical (unpaired) electrons. The fourth-order valence-electron chi connectivity index (χ4n) is 3.32. The Balaban J connectivity index is 1.64. The molecule has 4 nitrogen and oxygen atoms in total. The van der Waals surface area contributed by atoms with Gasteiger partial charge in [0.05, 0.1) is 6.61 Å². The smallest absolute Gasteiger partial charge is 0.409 e. The summed E-state index contributed by atoms with van der Waals surface area (Å²) in [6.45, 7) is 7.52. The van der Waals surface area contributed by atoms with E-state index in [0.29, 0.717) is 12.6 Å². The monoisotopic (exact) mass is 268 g/mol. The van der Waals surface area contributed by atoms with Crippen molar-refractivity contribution in [1.29, 1.82) is 0 Å². The van der Waals surface area contributed by atoms with Crippen molar-refractivity contribution in [2.24, 2.45) is 11.8 Å². The quantitative estimate of drug-likeness (QED) is 0.852. The van der Waals surface area contributed by atoms with Crippen LogP contribution in [0.1, 0.15) is 46.0 Å². The van der Waals surface area contributed by atoms with Gasteiger partial charge in [0.25, 0.3) is 0 Å². The molecule has 0 aromatic carbocycles. The van der Waals surface area contributed by atoms with Gasteiger partial charge in [-0.1, -0.05) is 19.8 Å². The molecule has 1 amide bonds. The van der Waals surface area contributed by atoms with E-state index in [1.807, 2.05) is 11.8 Å². The topological polar surface area (TPSA) is 41.6 Å². The Hall–Kier alpha value is -0.770. The fourth-order valence-corrected chi connectivity index (χ4v) is 3.32. The number of hydrogen-bond acceptors (Lipinski definition) is 3. The van der Waals surface area contributed by atoms with Crippen LogP contribution in [0.5, 0.6) is 0 Å². The van der Waals surface area contributed by atoms with Gasteiger partial charge >= 0.3 is 6.09 Å². The third-order valence-corrected chi connectivity index (χ3v) is 4.73. The summed E-state index contributed by atoms with van der Waals surface area (Å²) in [6.07, 6.45) is 6.14. The molecule has 1 saturated heterocycles. The molecular weight excluding hydrogens is 240 g/mol. The van der Waals surface area contributed by atoms with Gasteiger partial charge in [0.1, 0.15) is 0 Å². The molecule has 4 heteroatoms. The van der Waals surface area contributed by atoms with Gasteiger partial charge in [-0.25, -0.2) is 4.79 Å². The Labute approximate surface area is 116 Å². The third-order valence-electron chi connectivity index (χ3n) is 4.73. The first-order valence-corrected chi connectivity index (χ1v) is 7.85. The molecule has 1 aliphatic heterocycles. The number of ether oxygens (including phenoxy) is 1. The molecule has 19 heavy (non-hydrogen) atoms. The molecule has 0 aromatic rings. The number of carbonyl (C=O) groups is 1. The van der Waals surface area contributed by atoms with Crippen LogP contribution < -0.4 is 5.32 Å². The van der Waals surface area contributed by atoms with Crippen molar-refractivity contribution in [3.05, 3.63) is 0 Å². The highest BCUT2D eigenvalue weighted by Crippen LogP contribution is 2.30. The second-order valence-electron chi connectivity index (χ2n) is 6.04. The first-order valence-electron chi connectivity index (χ1n) is 7.85. The average Bonchev–Trinajstić information content (AvgIpc) is 2.83. The van der Waals surface area contributed by atoms with E-state index in [4.69, 9.17) is 4.74 Å². The number of hydrogen-bond donors (Lipinski definition) is 1. The lowest BCUT2D eigenvalue weighted by Crippen LogP contribution is -2.46. The minimum Gasteiger partial charge on any atom is -0.450 e. The summed E-state index contributed by atoms with van der Waals surface area (Å²) in [6, 6.07) is 0.582. The van der Waals surface area contributed by atoms with Crippen molar-refractivity contribution < 1.29 is 9.53 Å². The number of piperidine rings is 1. The SMILES string of the molecule is CCOC(=O)N1CCC(NCC2CCCC2C)CC1. The molecular formula is C15H28N2O2. The largest absolute Gasteiger partial charge is 0.450 e. The van der Waals surface area contributed by atoms with Crippen LogP contribution in [0, 0.1) is 11.8 Å². The summed E-state index contributed by atoms with van der Waals surface area (Å²) >= 11 is 0. The Morgan fingerprint density at radius 2 is 2.00 bits per heavy atom. The van der Waals surface area contributed by atoms with Gasteiger partial charge in [-0.15, -0.1) is 0 Å². The zero-order chi connectivity index (χ0) is 13.7. The second-order valence-corrected chi connectivity index (χ2v) is 6.04. The fraction of sp³-hybridized carbons (Fsp3) is 0.933. The van der Waals surface area contributed by atoms with Gasteiger partial charge in [-0.3, -0.25) is 0 Å². The molecule has 2 aliphatic rings. The van der Waals surface area contributed by atoms with E-state index in [1.54, 1.807) is 0 Å². The summed E-state index contributed by atoms with van der Waals surface area (Å²) in [5.74, 6) is 1.75. The van der Waals surface area contributed by atoms with Crippen molar-refractivity contribution in [2.75, 3.05) is 26.2 Å². The molecule has 2 rings (SSSR count). The molecule has 0 bridgehead atoms. The van der Waals surface area contributed by atoms with Crippen LogP contribution in [0.25, 0.3) is 0 Å². The minimum atomic E-state index is -0.148. The van der Waals surface area contributed by atoms with Crippen molar-refractivity contribution in [3.63, 3.8) is 0 Å². The molecule has 2 unspecified atom stereocenters. The lowest BCUT2D eigenvalue weighted by atomic mass is 9.97. The summed E-state index contributed by atoms with van der Waals surface area (Å²) in [5, 5.41) is 3.71. The number of carbonyl (C=O) groups excluding carboxylic acids is 1. The number of rotatable bonds is 4. The molecule has 1 heterocycles. The number of nitrogens with one attached hydrogen (secondary N) is 1. The van der Waals surface area contributed by atoms with Crippen molar-refractivity contribution in [3.8, 4) is 0 Å². The third kappa shape index (κ3) is 4.10. The summed E-state index contributed by atoms with van der Waals surface area (Å²) in [5.41, 5.74) is 0. The van der Waals surface area contributed by atoms with E-state index in [2.05, 4.69) is 12.2 Å². The molecule has 0 spiro atoms. The Morgan fingerprint density at radius 3 is 2.58 bits per heavy atom. The van der Waals surface area contributed by atoms with E-state index in [1.165, 1.54) is 19.3 Å². The summed E-state index contributed by atoms with van der Waals surface area (Å²) in [7, 11) is 0. The van der Waals surface area contributed by atoms with Crippen molar-refractivity contribution in [1.82, 2.24) is 10.2 Å². The molecule has 2 fully saturated rings. The van der Waals surface area contributed by atoms with Gasteiger partial charge in [0.15, 0.2) is 0 Å². The minimum absolute atomic E-state index is 0.148. The van der Waals surface area contributed by atoms with E-state index < -0.39 is 0 Å². The van der Waals surface area contributed by atoms with Gasteiger partial charge in [-0.05, 0) is 44.6 Å². The number of amides is 1. The highest BCUT2D eigenvalue weighted by atomic mass is 16.6. The summed E-state index contributed by atoms with van der Waals surface area (Å²) < 4.78 is 5.04. The zero-order valence-corrected chi connectivity index (χ0v) is 12.4. The van der Waals surface area contributed by atoms with Crippen LogP contribution in [0.15, 0.2) is 0 Å². The molecule has 1 N–H and O–H groups in total. The van der Waals surface area contributed by atoms with Gasteiger partial charge < -0.3 is 15.0 Å². The van der Waals surface area contributed by atoms with Crippen LogP contribution in [-0.4, -0.2) is 43.3 Å².